The van der Waals surface area contributed by atoms with Gasteiger partial charge in [-0.2, -0.15) is 0 Å². The summed E-state index contributed by atoms with van der Waals surface area (Å²) < 4.78 is 0. The van der Waals surface area contributed by atoms with Crippen molar-refractivity contribution in [3.63, 3.8) is 0 Å². The lowest BCUT2D eigenvalue weighted by Gasteiger charge is -2.28. The Morgan fingerprint density at radius 1 is 0.312 bits per heavy atom. The lowest BCUT2D eigenvalue weighted by Crippen LogP contribution is -2.36. The Morgan fingerprint density at radius 2 is 0.562 bits per heavy atom. The van der Waals surface area contributed by atoms with Gasteiger partial charge in [0.05, 0.1) is 0 Å². The molecule has 0 aliphatic carbocycles. The van der Waals surface area contributed by atoms with E-state index in [-0.39, 0.29) is 5.78 Å². The summed E-state index contributed by atoms with van der Waals surface area (Å²) in [5, 5.41) is 3.98. The summed E-state index contributed by atoms with van der Waals surface area (Å²) in [7, 11) is -2.35. The number of unbranched alkanes of at least 4 members (excludes halogenated alkanes) is 27. The van der Waals surface area contributed by atoms with Gasteiger partial charge in [-0.25, -0.2) is 0 Å². The molecule has 4 aromatic carbocycles. The molecule has 0 spiro atoms. The minimum atomic E-state index is -2.35. The third kappa shape index (κ3) is 20.7. The van der Waals surface area contributed by atoms with Gasteiger partial charge in [0.15, 0.2) is 0 Å². The number of rotatable bonds is 39. The van der Waals surface area contributed by atoms with Crippen LogP contribution in [0.15, 0.2) is 103 Å². The van der Waals surface area contributed by atoms with Crippen LogP contribution in [-0.2, 0) is 19.3 Å². The molecule has 0 saturated carbocycles. The van der Waals surface area contributed by atoms with E-state index in [2.05, 4.69) is 93.6 Å². The van der Waals surface area contributed by atoms with Gasteiger partial charge in [-0.3, -0.25) is 4.79 Å². The molecular weight excluding hydrogens is 792 g/mol. The molecule has 0 aliphatic rings. The predicted molar refractivity (Wildman–Crippen MR) is 287 cm³/mol. The molecular formula is C62H94OP+. The van der Waals surface area contributed by atoms with Crippen LogP contribution in [0.25, 0.3) is 0 Å². The second-order valence-corrected chi connectivity index (χ2v) is 23.0. The van der Waals surface area contributed by atoms with Gasteiger partial charge in [-0.05, 0) is 91.6 Å². The molecule has 64 heavy (non-hydrogen) atoms. The summed E-state index contributed by atoms with van der Waals surface area (Å²) in [6, 6.07) is 38.9. The van der Waals surface area contributed by atoms with Crippen molar-refractivity contribution < 1.29 is 4.79 Å². The predicted octanol–water partition coefficient (Wildman–Crippen LogP) is 18.3. The van der Waals surface area contributed by atoms with Crippen molar-refractivity contribution in [3.05, 3.63) is 125 Å². The lowest BCUT2D eigenvalue weighted by atomic mass is 10.0. The Hall–Kier alpha value is -3.02. The van der Waals surface area contributed by atoms with Crippen LogP contribution >= 0.6 is 7.26 Å². The van der Waals surface area contributed by atoms with Crippen molar-refractivity contribution in [2.75, 3.05) is 6.16 Å². The highest BCUT2D eigenvalue weighted by atomic mass is 31.2. The van der Waals surface area contributed by atoms with Gasteiger partial charge in [-0.15, -0.1) is 0 Å². The Balaban J connectivity index is 1.50. The van der Waals surface area contributed by atoms with Crippen molar-refractivity contribution in [2.45, 2.75) is 233 Å². The fourth-order valence-electron chi connectivity index (χ4n) is 9.85. The van der Waals surface area contributed by atoms with E-state index < -0.39 is 7.26 Å². The van der Waals surface area contributed by atoms with Crippen LogP contribution in [0.4, 0.5) is 0 Å². The zero-order valence-electron chi connectivity index (χ0n) is 41.7. The van der Waals surface area contributed by atoms with E-state index in [0.717, 1.165) is 24.8 Å². The molecule has 0 radical (unpaired) electrons. The van der Waals surface area contributed by atoms with E-state index >= 15 is 0 Å². The quantitative estimate of drug-likeness (QED) is 0.0248. The Bertz CT molecular complexity index is 1540. The molecule has 0 amide bonds. The highest BCUT2D eigenvalue weighted by Crippen LogP contribution is 2.56. The number of hydrogen-bond donors (Lipinski definition) is 0. The largest absolute Gasteiger partial charge is 0.290 e. The standard InChI is InChI=1S/C62H94OP/c1-4-7-10-13-16-19-22-25-28-32-37-55-42-48-59(49-43-55)64(54-62(63)58-40-35-31-36-41-58,60-50-44-56(45-51-60)38-33-29-26-23-20-17-14-11-8-5-2)61-52-46-57(47-53-61)39-34-30-27-24-21-18-15-12-9-6-3/h31,35-36,40-53H,4-30,32-34,37-39,54H2,1-3H3/q+1. The van der Waals surface area contributed by atoms with Crippen LogP contribution in [0, 0.1) is 0 Å². The molecule has 0 atom stereocenters. The Kier molecular flexibility index (Phi) is 28.7. The van der Waals surface area contributed by atoms with Gasteiger partial charge >= 0.3 is 0 Å². The first kappa shape index (κ1) is 53.6. The van der Waals surface area contributed by atoms with Gasteiger partial charge in [0, 0.05) is 5.56 Å². The van der Waals surface area contributed by atoms with Crippen molar-refractivity contribution in [2.24, 2.45) is 0 Å². The van der Waals surface area contributed by atoms with E-state index in [1.165, 1.54) is 225 Å². The Labute approximate surface area is 396 Å². The SMILES string of the molecule is CCCCCCCCCCCCc1ccc([P+](CC(=O)c2ccccc2)(c2ccc(CCCCCCCCCCCC)cc2)c2ccc(CCCCCCCCCCCC)cc2)cc1. The fourth-order valence-corrected chi connectivity index (χ4v) is 13.9. The minimum absolute atomic E-state index is 0.243. The molecule has 352 valence electrons. The molecule has 0 bridgehead atoms. The van der Waals surface area contributed by atoms with Crippen LogP contribution in [0.3, 0.4) is 0 Å². The monoisotopic (exact) mass is 886 g/mol. The summed E-state index contributed by atoms with van der Waals surface area (Å²) in [6.45, 7) is 6.90. The van der Waals surface area contributed by atoms with E-state index in [4.69, 9.17) is 0 Å². The molecule has 4 rings (SSSR count). The molecule has 0 aliphatic heterocycles. The smallest absolute Gasteiger partial charge is 0.201 e. The van der Waals surface area contributed by atoms with Crippen LogP contribution in [0.5, 0.6) is 0 Å². The highest BCUT2D eigenvalue weighted by Gasteiger charge is 2.47. The van der Waals surface area contributed by atoms with Crippen LogP contribution in [0.2, 0.25) is 0 Å². The van der Waals surface area contributed by atoms with Crippen molar-refractivity contribution in [3.8, 4) is 0 Å². The second-order valence-electron chi connectivity index (χ2n) is 19.6. The molecule has 0 fully saturated rings. The van der Waals surface area contributed by atoms with Crippen molar-refractivity contribution in [1.29, 1.82) is 0 Å². The van der Waals surface area contributed by atoms with E-state index in [1.54, 1.807) is 0 Å². The van der Waals surface area contributed by atoms with Gasteiger partial charge in [0.25, 0.3) is 0 Å². The highest BCUT2D eigenvalue weighted by molar-refractivity contribution is 7.96. The molecule has 2 heteroatoms. The first-order chi connectivity index (χ1) is 31.6. The average molecular weight is 886 g/mol. The zero-order valence-corrected chi connectivity index (χ0v) is 42.6. The number of carbonyl (C=O) groups is 1. The molecule has 4 aromatic rings. The van der Waals surface area contributed by atoms with Crippen molar-refractivity contribution >= 4 is 29.0 Å². The first-order valence-electron chi connectivity index (χ1n) is 27.4. The summed E-state index contributed by atoms with van der Waals surface area (Å²) in [4.78, 5) is 14.6. The maximum Gasteiger partial charge on any atom is 0.201 e. The normalized spacial score (nSPS) is 11.7. The van der Waals surface area contributed by atoms with Crippen molar-refractivity contribution in [1.82, 2.24) is 0 Å². The van der Waals surface area contributed by atoms with E-state index in [9.17, 15) is 4.79 Å². The number of Topliss-reactive ketones (excluding diaryl/α,β-unsaturated/α-hetero) is 1. The topological polar surface area (TPSA) is 17.1 Å². The van der Waals surface area contributed by atoms with Crippen LogP contribution in [0.1, 0.15) is 240 Å². The molecule has 0 N–H and O–H groups in total. The maximum atomic E-state index is 14.6. The zero-order chi connectivity index (χ0) is 45.2. The first-order valence-corrected chi connectivity index (χ1v) is 29.3. The lowest BCUT2D eigenvalue weighted by molar-refractivity contribution is 0.102. The summed E-state index contributed by atoms with van der Waals surface area (Å²) in [6.07, 6.45) is 44.8. The van der Waals surface area contributed by atoms with Crippen LogP contribution in [-0.4, -0.2) is 11.9 Å². The van der Waals surface area contributed by atoms with Gasteiger partial charge in [0.1, 0.15) is 29.3 Å². The number of benzene rings is 4. The van der Waals surface area contributed by atoms with Crippen LogP contribution < -0.4 is 15.9 Å². The summed E-state index contributed by atoms with van der Waals surface area (Å²) in [5.74, 6) is 0.243. The fraction of sp³-hybridized carbons (Fsp3) is 0.597. The summed E-state index contributed by atoms with van der Waals surface area (Å²) in [5.41, 5.74) is 5.10. The molecule has 0 unspecified atom stereocenters. The maximum absolute atomic E-state index is 14.6. The second kappa shape index (κ2) is 34.3. The molecule has 0 aromatic heterocycles. The van der Waals surface area contributed by atoms with Gasteiger partial charge in [-0.1, -0.05) is 261 Å². The summed E-state index contributed by atoms with van der Waals surface area (Å²) >= 11 is 0. The number of ketones is 1. The van der Waals surface area contributed by atoms with Gasteiger partial charge in [0.2, 0.25) is 5.78 Å². The molecule has 1 nitrogen and oxygen atoms in total. The molecule has 0 saturated heterocycles. The van der Waals surface area contributed by atoms with Gasteiger partial charge < -0.3 is 0 Å². The number of aryl methyl sites for hydroxylation is 3. The average Bonchev–Trinajstić information content (AvgIpc) is 3.33. The molecule has 0 heterocycles. The Morgan fingerprint density at radius 3 is 0.828 bits per heavy atom. The minimum Gasteiger partial charge on any atom is -0.290 e. The number of carbonyl (C=O) groups excluding carboxylic acids is 1. The third-order valence-corrected chi connectivity index (χ3v) is 18.4. The van der Waals surface area contributed by atoms with E-state index in [0.29, 0.717) is 6.16 Å². The number of hydrogen-bond acceptors (Lipinski definition) is 1. The third-order valence-electron chi connectivity index (χ3n) is 14.1. The van der Waals surface area contributed by atoms with E-state index in [1.807, 2.05) is 30.3 Å².